The Hall–Kier alpha value is -4.59. The van der Waals surface area contributed by atoms with Gasteiger partial charge < -0.3 is 5.32 Å². The Morgan fingerprint density at radius 2 is 1.26 bits per heavy atom. The summed E-state index contributed by atoms with van der Waals surface area (Å²) in [6.45, 7) is 0. The van der Waals surface area contributed by atoms with Crippen molar-refractivity contribution in [3.63, 3.8) is 0 Å². The number of nitrogens with one attached hydrogen (secondary N) is 1. The first-order chi connectivity index (χ1) is 18.2. The zero-order chi connectivity index (χ0) is 26.8. The molecule has 2 aliphatic rings. The molecule has 0 bridgehead atoms. The second-order valence-corrected chi connectivity index (χ2v) is 9.74. The van der Waals surface area contributed by atoms with E-state index >= 15 is 0 Å². The second-order valence-electron chi connectivity index (χ2n) is 9.74. The van der Waals surface area contributed by atoms with Gasteiger partial charge in [0.2, 0.25) is 11.8 Å². The second kappa shape index (κ2) is 8.48. The third-order valence-corrected chi connectivity index (χ3v) is 7.77. The highest BCUT2D eigenvalue weighted by atomic mass is 19.1. The van der Waals surface area contributed by atoms with Gasteiger partial charge in [-0.1, -0.05) is 60.7 Å². The lowest BCUT2D eigenvalue weighted by molar-refractivity contribution is -0.160. The van der Waals surface area contributed by atoms with E-state index in [1.54, 1.807) is 12.1 Å². The molecular weight excluding hydrogens is 488 g/mol. The molecule has 4 aromatic rings. The van der Waals surface area contributed by atoms with Crippen molar-refractivity contribution in [1.82, 2.24) is 9.80 Å². The maximum Gasteiger partial charge on any atom is 0.332 e. The summed E-state index contributed by atoms with van der Waals surface area (Å²) in [6, 6.07) is 21.1. The molecule has 6 rings (SSSR count). The van der Waals surface area contributed by atoms with Crippen LogP contribution in [-0.4, -0.2) is 41.7 Å². The van der Waals surface area contributed by atoms with Gasteiger partial charge in [-0.3, -0.25) is 19.4 Å². The average Bonchev–Trinajstić information content (AvgIpc) is 2.94. The van der Waals surface area contributed by atoms with Crippen LogP contribution in [0.1, 0.15) is 28.7 Å². The molecule has 190 valence electrons. The van der Waals surface area contributed by atoms with Gasteiger partial charge in [-0.05, 0) is 46.3 Å². The first kappa shape index (κ1) is 23.8. The van der Waals surface area contributed by atoms with Crippen molar-refractivity contribution < 1.29 is 23.2 Å². The molecular formula is C30H23F2N3O3. The van der Waals surface area contributed by atoms with Crippen LogP contribution in [0.4, 0.5) is 19.3 Å². The predicted molar refractivity (Wildman–Crippen MR) is 138 cm³/mol. The smallest absolute Gasteiger partial charge is 0.332 e. The third-order valence-electron chi connectivity index (χ3n) is 7.77. The number of urea groups is 1. The number of carbonyl (C=O) groups excluding carboxylic acids is 3. The Morgan fingerprint density at radius 1 is 0.711 bits per heavy atom. The maximum absolute atomic E-state index is 14.3. The number of fused-ring (bicyclic) bond motifs is 3. The van der Waals surface area contributed by atoms with Crippen molar-refractivity contribution in [1.29, 1.82) is 0 Å². The summed E-state index contributed by atoms with van der Waals surface area (Å²) < 4.78 is 28.0. The number of benzene rings is 4. The van der Waals surface area contributed by atoms with Crippen molar-refractivity contribution in [3.8, 4) is 0 Å². The van der Waals surface area contributed by atoms with Crippen LogP contribution < -0.4 is 5.32 Å². The fraction of sp³-hybridized carbons (Fsp3) is 0.167. The summed E-state index contributed by atoms with van der Waals surface area (Å²) in [5.41, 5.74) is 0.527. The fourth-order valence-corrected chi connectivity index (χ4v) is 6.00. The van der Waals surface area contributed by atoms with Crippen molar-refractivity contribution in [2.24, 2.45) is 5.41 Å². The molecule has 2 unspecified atom stereocenters. The molecule has 2 aliphatic heterocycles. The van der Waals surface area contributed by atoms with E-state index in [1.807, 2.05) is 36.4 Å². The quantitative estimate of drug-likeness (QED) is 0.363. The highest BCUT2D eigenvalue weighted by Crippen LogP contribution is 2.59. The number of anilines is 1. The van der Waals surface area contributed by atoms with Gasteiger partial charge >= 0.3 is 6.03 Å². The van der Waals surface area contributed by atoms with Crippen LogP contribution in [-0.2, 0) is 9.59 Å². The fourth-order valence-electron chi connectivity index (χ4n) is 6.00. The Morgan fingerprint density at radius 3 is 1.87 bits per heavy atom. The van der Waals surface area contributed by atoms with Gasteiger partial charge in [0, 0.05) is 31.1 Å². The zero-order valence-electron chi connectivity index (χ0n) is 20.6. The van der Waals surface area contributed by atoms with Gasteiger partial charge in [-0.25, -0.2) is 13.6 Å². The average molecular weight is 512 g/mol. The number of barbiturate groups is 1. The van der Waals surface area contributed by atoms with E-state index in [0.717, 1.165) is 20.6 Å². The minimum Gasteiger partial charge on any atom is -0.376 e. The van der Waals surface area contributed by atoms with Crippen LogP contribution >= 0.6 is 0 Å². The van der Waals surface area contributed by atoms with Crippen LogP contribution in [0.2, 0.25) is 0 Å². The zero-order valence-corrected chi connectivity index (χ0v) is 20.6. The first-order valence-electron chi connectivity index (χ1n) is 12.1. The van der Waals surface area contributed by atoms with Gasteiger partial charge in [0.05, 0.1) is 6.04 Å². The van der Waals surface area contributed by atoms with Crippen LogP contribution in [0.3, 0.4) is 0 Å². The Labute approximate surface area is 217 Å². The standard InChI is InChI=1S/C30H23F2N3O3/c1-34-27(36)30(28(37)35(2)29(34)38)24(18-7-12-20(31)13-8-18)23-16-11-17-5-3-4-6-22(17)25(23)33-26(30)19-9-14-21(32)15-10-19/h3-16,24,26,33H,1-2H3. The Bertz CT molecular complexity index is 1590. The summed E-state index contributed by atoms with van der Waals surface area (Å²) in [4.78, 5) is 43.4. The molecule has 2 atom stereocenters. The van der Waals surface area contributed by atoms with Gasteiger partial charge in [-0.15, -0.1) is 0 Å². The van der Waals surface area contributed by atoms with Crippen LogP contribution in [0.5, 0.6) is 0 Å². The molecule has 38 heavy (non-hydrogen) atoms. The summed E-state index contributed by atoms with van der Waals surface area (Å²) in [5, 5.41) is 5.27. The van der Waals surface area contributed by atoms with Crippen molar-refractivity contribution in [3.05, 3.63) is 113 Å². The lowest BCUT2D eigenvalue weighted by Gasteiger charge is -2.53. The molecule has 4 aromatic carbocycles. The van der Waals surface area contributed by atoms with Crippen LogP contribution in [0.25, 0.3) is 10.8 Å². The molecule has 1 spiro atoms. The number of hydrogen-bond donors (Lipinski definition) is 1. The van der Waals surface area contributed by atoms with E-state index in [-0.39, 0.29) is 0 Å². The van der Waals surface area contributed by atoms with Gasteiger partial charge in [0.1, 0.15) is 11.6 Å². The molecule has 0 aliphatic carbocycles. The molecule has 1 fully saturated rings. The number of hydrogen-bond acceptors (Lipinski definition) is 4. The number of carbonyl (C=O) groups is 3. The van der Waals surface area contributed by atoms with E-state index in [9.17, 15) is 23.2 Å². The summed E-state index contributed by atoms with van der Waals surface area (Å²) >= 11 is 0. The molecule has 6 nitrogen and oxygen atoms in total. The SMILES string of the molecule is CN1C(=O)N(C)C(=O)C2(C1=O)C(c1ccc(F)cc1)Nc1c(ccc3ccccc13)C2c1ccc(F)cc1. The minimum atomic E-state index is -1.87. The van der Waals surface area contributed by atoms with E-state index in [0.29, 0.717) is 22.4 Å². The molecule has 1 saturated heterocycles. The Kier molecular flexibility index (Phi) is 5.31. The summed E-state index contributed by atoms with van der Waals surface area (Å²) in [6.07, 6.45) is 0. The number of rotatable bonds is 2. The Balaban J connectivity index is 1.75. The monoisotopic (exact) mass is 511 g/mol. The minimum absolute atomic E-state index is 0.462. The van der Waals surface area contributed by atoms with Crippen molar-refractivity contribution >= 4 is 34.3 Å². The molecule has 4 amide bonds. The molecule has 8 heteroatoms. The van der Waals surface area contributed by atoms with E-state index < -0.39 is 46.9 Å². The number of nitrogens with zero attached hydrogens (tertiary/aromatic N) is 2. The summed E-state index contributed by atoms with van der Waals surface area (Å²) in [5.74, 6) is -3.21. The molecule has 0 saturated carbocycles. The normalized spacial score (nSPS) is 20.6. The lowest BCUT2D eigenvalue weighted by Crippen LogP contribution is -2.68. The molecule has 0 aromatic heterocycles. The number of amides is 4. The predicted octanol–water partition coefficient (Wildman–Crippen LogP) is 5.45. The van der Waals surface area contributed by atoms with Crippen molar-refractivity contribution in [2.75, 3.05) is 19.4 Å². The van der Waals surface area contributed by atoms with E-state index in [1.165, 1.54) is 50.5 Å². The lowest BCUT2D eigenvalue weighted by atomic mass is 9.58. The molecule has 2 heterocycles. The number of imide groups is 2. The number of halogens is 2. The van der Waals surface area contributed by atoms with E-state index in [4.69, 9.17) is 0 Å². The highest BCUT2D eigenvalue weighted by molar-refractivity contribution is 6.21. The van der Waals surface area contributed by atoms with Gasteiger partial charge in [0.15, 0.2) is 5.41 Å². The van der Waals surface area contributed by atoms with Crippen LogP contribution in [0, 0.1) is 17.0 Å². The van der Waals surface area contributed by atoms with Gasteiger partial charge in [-0.2, -0.15) is 0 Å². The van der Waals surface area contributed by atoms with Crippen molar-refractivity contribution in [2.45, 2.75) is 12.0 Å². The largest absolute Gasteiger partial charge is 0.376 e. The van der Waals surface area contributed by atoms with E-state index in [2.05, 4.69) is 5.32 Å². The topological polar surface area (TPSA) is 69.7 Å². The maximum atomic E-state index is 14.3. The molecule has 1 N–H and O–H groups in total. The molecule has 0 radical (unpaired) electrons. The summed E-state index contributed by atoms with van der Waals surface area (Å²) in [7, 11) is 2.68. The highest BCUT2D eigenvalue weighted by Gasteiger charge is 2.66. The third kappa shape index (κ3) is 3.19. The van der Waals surface area contributed by atoms with Crippen LogP contribution in [0.15, 0.2) is 84.9 Å². The first-order valence-corrected chi connectivity index (χ1v) is 12.1. The van der Waals surface area contributed by atoms with Gasteiger partial charge in [0.25, 0.3) is 0 Å².